The molecule has 2 N–H and O–H groups in total. The average Bonchev–Trinajstić information content (AvgIpc) is 3.13. The average molecular weight is 252 g/mol. The zero-order valence-electron chi connectivity index (χ0n) is 10.5. The summed E-state index contributed by atoms with van der Waals surface area (Å²) in [5, 5.41) is 12.4. The smallest absolute Gasteiger partial charge is 0.321 e. The van der Waals surface area contributed by atoms with Crippen LogP contribution in [0.2, 0.25) is 0 Å². The van der Waals surface area contributed by atoms with E-state index in [0.29, 0.717) is 18.3 Å². The van der Waals surface area contributed by atoms with Crippen molar-refractivity contribution in [2.24, 2.45) is 11.8 Å². The molecule has 2 aliphatic heterocycles. The molecule has 5 nitrogen and oxygen atoms in total. The fourth-order valence-corrected chi connectivity index (χ4v) is 3.46. The molecule has 3 atom stereocenters. The molecule has 0 spiro atoms. The summed E-state index contributed by atoms with van der Waals surface area (Å²) in [6, 6.07) is -0.0141. The maximum Gasteiger partial charge on any atom is 0.321 e. The summed E-state index contributed by atoms with van der Waals surface area (Å²) in [6.45, 7) is 1.63. The summed E-state index contributed by atoms with van der Waals surface area (Å²) in [5.41, 5.74) is 0. The van der Waals surface area contributed by atoms with Crippen LogP contribution in [-0.4, -0.2) is 47.1 Å². The van der Waals surface area contributed by atoms with E-state index in [2.05, 4.69) is 10.2 Å². The largest absolute Gasteiger partial charge is 0.480 e. The summed E-state index contributed by atoms with van der Waals surface area (Å²) in [7, 11) is 0. The van der Waals surface area contributed by atoms with Gasteiger partial charge in [-0.1, -0.05) is 0 Å². The number of nitrogens with zero attached hydrogens (tertiary/aromatic N) is 1. The molecule has 18 heavy (non-hydrogen) atoms. The number of amides is 1. The molecule has 1 amide bonds. The molecule has 3 unspecified atom stereocenters. The third-order valence-electron chi connectivity index (χ3n) is 4.57. The minimum atomic E-state index is -0.671. The van der Waals surface area contributed by atoms with Gasteiger partial charge in [0.05, 0.1) is 0 Å². The van der Waals surface area contributed by atoms with Gasteiger partial charge >= 0.3 is 5.97 Å². The van der Waals surface area contributed by atoms with E-state index in [1.807, 2.05) is 0 Å². The quantitative estimate of drug-likeness (QED) is 0.765. The van der Waals surface area contributed by atoms with Crippen LogP contribution in [0.3, 0.4) is 0 Å². The summed E-state index contributed by atoms with van der Waals surface area (Å²) < 4.78 is 0. The number of carboxylic acids is 1. The predicted molar refractivity (Wildman–Crippen MR) is 65.0 cm³/mol. The SMILES string of the molecule is O=C1CCC2CN(C(C(=O)O)C3CC3)CCC2N1. The first-order valence-electron chi connectivity index (χ1n) is 6.91. The summed E-state index contributed by atoms with van der Waals surface area (Å²) in [6.07, 6.45) is 4.50. The van der Waals surface area contributed by atoms with Crippen LogP contribution >= 0.6 is 0 Å². The lowest BCUT2D eigenvalue weighted by atomic mass is 9.84. The summed E-state index contributed by atoms with van der Waals surface area (Å²) in [5.74, 6) is 0.284. The highest BCUT2D eigenvalue weighted by molar-refractivity contribution is 5.77. The molecular formula is C13H20N2O3. The molecule has 3 fully saturated rings. The molecule has 1 aliphatic carbocycles. The van der Waals surface area contributed by atoms with Crippen molar-refractivity contribution in [1.29, 1.82) is 0 Å². The van der Waals surface area contributed by atoms with Crippen LogP contribution in [0, 0.1) is 11.8 Å². The van der Waals surface area contributed by atoms with E-state index in [-0.39, 0.29) is 18.0 Å². The zero-order chi connectivity index (χ0) is 12.7. The second kappa shape index (κ2) is 4.53. The van der Waals surface area contributed by atoms with Gasteiger partial charge in [-0.3, -0.25) is 14.5 Å². The van der Waals surface area contributed by atoms with E-state index >= 15 is 0 Å². The normalized spacial score (nSPS) is 34.6. The van der Waals surface area contributed by atoms with Crippen molar-refractivity contribution in [3.05, 3.63) is 0 Å². The fourth-order valence-electron chi connectivity index (χ4n) is 3.46. The molecule has 2 saturated heterocycles. The lowest BCUT2D eigenvalue weighted by Gasteiger charge is -2.43. The van der Waals surface area contributed by atoms with Crippen molar-refractivity contribution in [3.63, 3.8) is 0 Å². The number of piperidine rings is 2. The van der Waals surface area contributed by atoms with Crippen molar-refractivity contribution < 1.29 is 14.7 Å². The van der Waals surface area contributed by atoms with E-state index in [1.165, 1.54) is 0 Å². The number of carboxylic acid groups (broad SMARTS) is 1. The van der Waals surface area contributed by atoms with Gasteiger partial charge in [0.25, 0.3) is 0 Å². The third-order valence-corrected chi connectivity index (χ3v) is 4.57. The zero-order valence-corrected chi connectivity index (χ0v) is 10.5. The minimum absolute atomic E-state index is 0.154. The summed E-state index contributed by atoms with van der Waals surface area (Å²) >= 11 is 0. The van der Waals surface area contributed by atoms with Gasteiger partial charge in [0.1, 0.15) is 6.04 Å². The second-order valence-corrected chi connectivity index (χ2v) is 5.88. The Morgan fingerprint density at radius 3 is 2.78 bits per heavy atom. The highest BCUT2D eigenvalue weighted by atomic mass is 16.4. The molecule has 0 aromatic heterocycles. The number of nitrogens with one attached hydrogen (secondary N) is 1. The van der Waals surface area contributed by atoms with Gasteiger partial charge in [0, 0.05) is 25.6 Å². The Labute approximate surface area is 107 Å². The Balaban J connectivity index is 1.66. The van der Waals surface area contributed by atoms with Crippen molar-refractivity contribution in [3.8, 4) is 0 Å². The number of carbonyl (C=O) groups excluding carboxylic acids is 1. The predicted octanol–water partition coefficient (Wildman–Crippen LogP) is 0.450. The van der Waals surface area contributed by atoms with E-state index in [0.717, 1.165) is 38.8 Å². The van der Waals surface area contributed by atoms with Crippen LogP contribution in [-0.2, 0) is 9.59 Å². The van der Waals surface area contributed by atoms with Gasteiger partial charge in [-0.15, -0.1) is 0 Å². The van der Waals surface area contributed by atoms with Crippen LogP contribution < -0.4 is 5.32 Å². The van der Waals surface area contributed by atoms with Gasteiger partial charge < -0.3 is 10.4 Å². The van der Waals surface area contributed by atoms with Crippen molar-refractivity contribution in [2.75, 3.05) is 13.1 Å². The molecule has 100 valence electrons. The number of aliphatic carboxylic acids is 1. The highest BCUT2D eigenvalue weighted by Gasteiger charge is 2.44. The van der Waals surface area contributed by atoms with Crippen molar-refractivity contribution >= 4 is 11.9 Å². The van der Waals surface area contributed by atoms with Crippen LogP contribution in [0.5, 0.6) is 0 Å². The van der Waals surface area contributed by atoms with E-state index in [1.54, 1.807) is 0 Å². The van der Waals surface area contributed by atoms with Gasteiger partial charge in [0.15, 0.2) is 0 Å². The number of hydrogen-bond acceptors (Lipinski definition) is 3. The van der Waals surface area contributed by atoms with E-state index in [4.69, 9.17) is 0 Å². The molecule has 0 radical (unpaired) electrons. The topological polar surface area (TPSA) is 69.6 Å². The Morgan fingerprint density at radius 1 is 1.33 bits per heavy atom. The molecule has 3 rings (SSSR count). The molecule has 0 aromatic rings. The Kier molecular flexibility index (Phi) is 3.01. The van der Waals surface area contributed by atoms with Crippen LogP contribution in [0.4, 0.5) is 0 Å². The third kappa shape index (κ3) is 2.23. The Morgan fingerprint density at radius 2 is 2.11 bits per heavy atom. The molecular weight excluding hydrogens is 232 g/mol. The van der Waals surface area contributed by atoms with Crippen molar-refractivity contribution in [2.45, 2.75) is 44.2 Å². The lowest BCUT2D eigenvalue weighted by Crippen LogP contribution is -2.57. The Hall–Kier alpha value is -1.10. The maximum atomic E-state index is 11.4. The lowest BCUT2D eigenvalue weighted by molar-refractivity contribution is -0.146. The fraction of sp³-hybridized carbons (Fsp3) is 0.846. The molecule has 0 bridgehead atoms. The first-order chi connectivity index (χ1) is 8.65. The first-order valence-corrected chi connectivity index (χ1v) is 6.91. The number of fused-ring (bicyclic) bond motifs is 1. The Bertz CT molecular complexity index is 367. The van der Waals surface area contributed by atoms with Crippen LogP contribution in [0.25, 0.3) is 0 Å². The van der Waals surface area contributed by atoms with Gasteiger partial charge in [0.2, 0.25) is 5.91 Å². The number of carbonyl (C=O) groups is 2. The van der Waals surface area contributed by atoms with Crippen LogP contribution in [0.15, 0.2) is 0 Å². The van der Waals surface area contributed by atoms with Gasteiger partial charge in [-0.2, -0.15) is 0 Å². The molecule has 3 aliphatic rings. The number of likely N-dealkylation sites (tertiary alicyclic amines) is 1. The molecule has 1 saturated carbocycles. The van der Waals surface area contributed by atoms with Gasteiger partial charge in [-0.05, 0) is 37.5 Å². The maximum absolute atomic E-state index is 11.4. The molecule has 5 heteroatoms. The van der Waals surface area contributed by atoms with E-state index in [9.17, 15) is 14.7 Å². The number of hydrogen-bond donors (Lipinski definition) is 2. The minimum Gasteiger partial charge on any atom is -0.480 e. The standard InChI is InChI=1S/C13H20N2O3/c16-11-4-3-9-7-15(6-5-10(9)14-11)12(13(17)18)8-1-2-8/h8-10,12H,1-7H2,(H,14,16)(H,17,18). The second-order valence-electron chi connectivity index (χ2n) is 5.88. The monoisotopic (exact) mass is 252 g/mol. The molecule has 0 aromatic carbocycles. The van der Waals surface area contributed by atoms with Crippen LogP contribution in [0.1, 0.15) is 32.1 Å². The van der Waals surface area contributed by atoms with E-state index < -0.39 is 5.97 Å². The van der Waals surface area contributed by atoms with Gasteiger partial charge in [-0.25, -0.2) is 0 Å². The first kappa shape index (κ1) is 12.0. The van der Waals surface area contributed by atoms with Crippen molar-refractivity contribution in [1.82, 2.24) is 10.2 Å². The highest BCUT2D eigenvalue weighted by Crippen LogP contribution is 2.37. The summed E-state index contributed by atoms with van der Waals surface area (Å²) in [4.78, 5) is 24.9. The number of rotatable bonds is 3. The molecule has 2 heterocycles.